The van der Waals surface area contributed by atoms with E-state index in [0.717, 1.165) is 26.3 Å². The van der Waals surface area contributed by atoms with Crippen molar-refractivity contribution in [2.45, 2.75) is 26.2 Å². The van der Waals surface area contributed by atoms with Crippen molar-refractivity contribution >= 4 is 16.6 Å². The topological polar surface area (TPSA) is 28.3 Å². The zero-order valence-corrected chi connectivity index (χ0v) is 12.0. The average Bonchev–Trinajstić information content (AvgIpc) is 2.81. The summed E-state index contributed by atoms with van der Waals surface area (Å²) in [5, 5.41) is 1.33. The molecule has 1 aromatic heterocycles. The predicted octanol–water partition coefficient (Wildman–Crippen LogP) is 3.30. The molecule has 1 aliphatic rings. The number of H-pyrrole nitrogens is 1. The van der Waals surface area contributed by atoms with Crippen molar-refractivity contribution < 1.29 is 4.74 Å². The highest BCUT2D eigenvalue weighted by atomic mass is 16.5. The highest BCUT2D eigenvalue weighted by molar-refractivity contribution is 5.93. The Kier molecular flexibility index (Phi) is 3.02. The van der Waals surface area contributed by atoms with Gasteiger partial charge in [0.15, 0.2) is 0 Å². The molecule has 3 rings (SSSR count). The van der Waals surface area contributed by atoms with Crippen LogP contribution in [0.2, 0.25) is 0 Å². The van der Waals surface area contributed by atoms with Crippen LogP contribution < -0.4 is 4.90 Å². The number of benzene rings is 1. The van der Waals surface area contributed by atoms with Gasteiger partial charge < -0.3 is 14.6 Å². The van der Waals surface area contributed by atoms with E-state index in [9.17, 15) is 0 Å². The Morgan fingerprint density at radius 3 is 2.58 bits per heavy atom. The van der Waals surface area contributed by atoms with Gasteiger partial charge in [-0.3, -0.25) is 0 Å². The molecule has 0 unspecified atom stereocenters. The lowest BCUT2D eigenvalue weighted by Crippen LogP contribution is -2.36. The monoisotopic (exact) mass is 258 g/mol. The first-order valence-electron chi connectivity index (χ1n) is 7.00. The highest BCUT2D eigenvalue weighted by Gasteiger charge is 2.18. The maximum atomic E-state index is 5.44. The molecule has 0 amide bonds. The SMILES string of the molecule is CC(C)(C)c1ccc2[nH]cc(N3CCOCC3)c2c1. The molecule has 1 aliphatic heterocycles. The number of aromatic amines is 1. The van der Waals surface area contributed by atoms with E-state index >= 15 is 0 Å². The van der Waals surface area contributed by atoms with Crippen molar-refractivity contribution in [1.29, 1.82) is 0 Å². The van der Waals surface area contributed by atoms with E-state index in [0.29, 0.717) is 0 Å². The Labute approximate surface area is 114 Å². The van der Waals surface area contributed by atoms with Gasteiger partial charge in [-0.1, -0.05) is 26.8 Å². The van der Waals surface area contributed by atoms with Crippen LogP contribution in [0, 0.1) is 0 Å². The summed E-state index contributed by atoms with van der Waals surface area (Å²) in [5.41, 5.74) is 4.10. The van der Waals surface area contributed by atoms with Crippen molar-refractivity contribution in [3.63, 3.8) is 0 Å². The molecule has 1 aromatic carbocycles. The number of hydrogen-bond donors (Lipinski definition) is 1. The quantitative estimate of drug-likeness (QED) is 0.850. The number of ether oxygens (including phenoxy) is 1. The Bertz CT molecular complexity index is 574. The number of hydrogen-bond acceptors (Lipinski definition) is 2. The van der Waals surface area contributed by atoms with Crippen LogP contribution >= 0.6 is 0 Å². The van der Waals surface area contributed by atoms with Crippen molar-refractivity contribution in [2.75, 3.05) is 31.2 Å². The molecule has 0 radical (unpaired) electrons. The molecule has 3 heteroatoms. The van der Waals surface area contributed by atoms with Crippen molar-refractivity contribution in [1.82, 2.24) is 4.98 Å². The third-order valence-electron chi connectivity index (χ3n) is 3.88. The molecule has 19 heavy (non-hydrogen) atoms. The standard InChI is InChI=1S/C16H22N2O/c1-16(2,3)12-4-5-14-13(10-12)15(11-17-14)18-6-8-19-9-7-18/h4-5,10-11,17H,6-9H2,1-3H3. The molecule has 0 spiro atoms. The van der Waals surface area contributed by atoms with Crippen LogP contribution in [-0.2, 0) is 10.2 Å². The summed E-state index contributed by atoms with van der Waals surface area (Å²) < 4.78 is 5.44. The van der Waals surface area contributed by atoms with E-state index in [4.69, 9.17) is 4.74 Å². The van der Waals surface area contributed by atoms with Crippen molar-refractivity contribution in [3.05, 3.63) is 30.0 Å². The minimum Gasteiger partial charge on any atom is -0.378 e. The normalized spacial score (nSPS) is 17.1. The molecule has 1 saturated heterocycles. The van der Waals surface area contributed by atoms with Crippen molar-refractivity contribution in [3.8, 4) is 0 Å². The first-order valence-corrected chi connectivity index (χ1v) is 7.00. The second-order valence-corrected chi connectivity index (χ2v) is 6.28. The van der Waals surface area contributed by atoms with E-state index in [-0.39, 0.29) is 5.41 Å². The van der Waals surface area contributed by atoms with Gasteiger partial charge in [-0.15, -0.1) is 0 Å². The second kappa shape index (κ2) is 4.57. The van der Waals surface area contributed by atoms with Gasteiger partial charge in [0.05, 0.1) is 18.9 Å². The smallest absolute Gasteiger partial charge is 0.0642 e. The number of aromatic nitrogens is 1. The fourth-order valence-electron chi connectivity index (χ4n) is 2.64. The predicted molar refractivity (Wildman–Crippen MR) is 80.0 cm³/mol. The molecule has 0 aliphatic carbocycles. The molecule has 0 atom stereocenters. The lowest BCUT2D eigenvalue weighted by molar-refractivity contribution is 0.123. The number of rotatable bonds is 1. The van der Waals surface area contributed by atoms with Gasteiger partial charge in [-0.25, -0.2) is 0 Å². The number of morpholine rings is 1. The second-order valence-electron chi connectivity index (χ2n) is 6.28. The maximum absolute atomic E-state index is 5.44. The minimum absolute atomic E-state index is 0.188. The minimum atomic E-state index is 0.188. The first-order chi connectivity index (χ1) is 9.05. The van der Waals surface area contributed by atoms with Gasteiger partial charge in [0.25, 0.3) is 0 Å². The Balaban J connectivity index is 2.05. The van der Waals surface area contributed by atoms with Crippen LogP contribution in [0.15, 0.2) is 24.4 Å². The molecular weight excluding hydrogens is 236 g/mol. The van der Waals surface area contributed by atoms with Gasteiger partial charge in [-0.2, -0.15) is 0 Å². The Hall–Kier alpha value is -1.48. The van der Waals surface area contributed by atoms with Crippen LogP contribution in [0.5, 0.6) is 0 Å². The number of nitrogens with zero attached hydrogens (tertiary/aromatic N) is 1. The fraction of sp³-hybridized carbons (Fsp3) is 0.500. The van der Waals surface area contributed by atoms with Gasteiger partial charge in [-0.05, 0) is 23.1 Å². The number of anilines is 1. The third-order valence-corrected chi connectivity index (χ3v) is 3.88. The van der Waals surface area contributed by atoms with Gasteiger partial charge in [0.1, 0.15) is 0 Å². The lowest BCUT2D eigenvalue weighted by atomic mass is 9.86. The molecule has 1 fully saturated rings. The van der Waals surface area contributed by atoms with Crippen LogP contribution in [0.25, 0.3) is 10.9 Å². The largest absolute Gasteiger partial charge is 0.378 e. The summed E-state index contributed by atoms with van der Waals surface area (Å²) in [4.78, 5) is 5.79. The Morgan fingerprint density at radius 2 is 1.89 bits per heavy atom. The summed E-state index contributed by atoms with van der Waals surface area (Å²) in [7, 11) is 0. The fourth-order valence-corrected chi connectivity index (χ4v) is 2.64. The summed E-state index contributed by atoms with van der Waals surface area (Å²) in [6.07, 6.45) is 2.13. The molecule has 0 saturated carbocycles. The van der Waals surface area contributed by atoms with E-state index in [1.54, 1.807) is 0 Å². The maximum Gasteiger partial charge on any atom is 0.0642 e. The molecule has 1 N–H and O–H groups in total. The van der Waals surface area contributed by atoms with Crippen LogP contribution in [0.3, 0.4) is 0 Å². The van der Waals surface area contributed by atoms with Gasteiger partial charge in [0, 0.05) is 30.2 Å². The molecule has 2 heterocycles. The molecule has 2 aromatic rings. The van der Waals surface area contributed by atoms with E-state index < -0.39 is 0 Å². The zero-order valence-electron chi connectivity index (χ0n) is 12.0. The van der Waals surface area contributed by atoms with E-state index in [1.165, 1.54) is 22.2 Å². The van der Waals surface area contributed by atoms with Crippen LogP contribution in [-0.4, -0.2) is 31.3 Å². The average molecular weight is 258 g/mol. The molecular formula is C16H22N2O. The van der Waals surface area contributed by atoms with E-state index in [1.807, 2.05) is 0 Å². The van der Waals surface area contributed by atoms with Crippen molar-refractivity contribution in [2.24, 2.45) is 0 Å². The summed E-state index contributed by atoms with van der Waals surface area (Å²) in [6.45, 7) is 10.4. The number of fused-ring (bicyclic) bond motifs is 1. The van der Waals surface area contributed by atoms with Crippen LogP contribution in [0.1, 0.15) is 26.3 Å². The first kappa shape index (κ1) is 12.5. The number of nitrogens with one attached hydrogen (secondary N) is 1. The van der Waals surface area contributed by atoms with Gasteiger partial charge in [0.2, 0.25) is 0 Å². The molecule has 102 valence electrons. The highest BCUT2D eigenvalue weighted by Crippen LogP contribution is 2.32. The lowest BCUT2D eigenvalue weighted by Gasteiger charge is -2.28. The zero-order chi connectivity index (χ0) is 13.5. The Morgan fingerprint density at radius 1 is 1.16 bits per heavy atom. The summed E-state index contributed by atoms with van der Waals surface area (Å²) in [6, 6.07) is 6.75. The van der Waals surface area contributed by atoms with E-state index in [2.05, 4.69) is 55.1 Å². The van der Waals surface area contributed by atoms with Gasteiger partial charge >= 0.3 is 0 Å². The third kappa shape index (κ3) is 2.35. The summed E-state index contributed by atoms with van der Waals surface area (Å²) >= 11 is 0. The van der Waals surface area contributed by atoms with Crippen LogP contribution in [0.4, 0.5) is 5.69 Å². The summed E-state index contributed by atoms with van der Waals surface area (Å²) in [5.74, 6) is 0. The molecule has 0 bridgehead atoms. The molecule has 3 nitrogen and oxygen atoms in total.